The van der Waals surface area contributed by atoms with Gasteiger partial charge in [-0.15, -0.1) is 0 Å². The third-order valence-corrected chi connectivity index (χ3v) is 3.18. The second kappa shape index (κ2) is 6.17. The SMILES string of the molecule is CCNC(Cc1ccoc1)c1cc(F)c(Cl)cc1F. The molecule has 0 amide bonds. The lowest BCUT2D eigenvalue weighted by Gasteiger charge is -2.18. The highest BCUT2D eigenvalue weighted by Gasteiger charge is 2.18. The Bertz CT molecular complexity index is 543. The predicted octanol–water partition coefficient (Wildman–Crippen LogP) is 4.10. The standard InChI is InChI=1S/C14H14ClF2NO/c1-2-18-14(5-9-3-4-19-8-9)10-6-13(17)11(15)7-12(10)16/h3-4,6-8,14,18H,2,5H2,1H3. The van der Waals surface area contributed by atoms with Crippen molar-refractivity contribution in [2.24, 2.45) is 0 Å². The summed E-state index contributed by atoms with van der Waals surface area (Å²) in [7, 11) is 0. The molecule has 1 aromatic heterocycles. The topological polar surface area (TPSA) is 25.2 Å². The van der Waals surface area contributed by atoms with Gasteiger partial charge >= 0.3 is 0 Å². The summed E-state index contributed by atoms with van der Waals surface area (Å²) in [6, 6.07) is 3.63. The summed E-state index contributed by atoms with van der Waals surface area (Å²) in [5.41, 5.74) is 1.19. The number of benzene rings is 1. The molecule has 1 heterocycles. The average Bonchev–Trinajstić information content (AvgIpc) is 2.86. The summed E-state index contributed by atoms with van der Waals surface area (Å²) in [5, 5.41) is 2.92. The third-order valence-electron chi connectivity index (χ3n) is 2.89. The molecule has 102 valence electrons. The molecule has 2 aromatic rings. The molecule has 0 radical (unpaired) electrons. The second-order valence-electron chi connectivity index (χ2n) is 4.23. The van der Waals surface area contributed by atoms with Crippen LogP contribution < -0.4 is 5.32 Å². The van der Waals surface area contributed by atoms with Crippen molar-refractivity contribution in [2.75, 3.05) is 6.54 Å². The minimum atomic E-state index is -0.617. The summed E-state index contributed by atoms with van der Waals surface area (Å²) in [5.74, 6) is -1.13. The summed E-state index contributed by atoms with van der Waals surface area (Å²) in [6.07, 6.45) is 3.66. The van der Waals surface area contributed by atoms with E-state index in [0.717, 1.165) is 17.7 Å². The fraction of sp³-hybridized carbons (Fsp3) is 0.286. The van der Waals surface area contributed by atoms with Gasteiger partial charge in [0.05, 0.1) is 17.5 Å². The Hall–Kier alpha value is -1.39. The summed E-state index contributed by atoms with van der Waals surface area (Å²) < 4.78 is 32.4. The summed E-state index contributed by atoms with van der Waals surface area (Å²) >= 11 is 5.56. The molecule has 1 atom stereocenters. The molecule has 0 spiro atoms. The molecule has 0 saturated heterocycles. The molecule has 19 heavy (non-hydrogen) atoms. The van der Waals surface area contributed by atoms with Crippen molar-refractivity contribution >= 4 is 11.6 Å². The Kier molecular flexibility index (Phi) is 4.56. The van der Waals surface area contributed by atoms with Crippen molar-refractivity contribution in [3.8, 4) is 0 Å². The monoisotopic (exact) mass is 285 g/mol. The number of hydrogen-bond acceptors (Lipinski definition) is 2. The molecule has 0 bridgehead atoms. The lowest BCUT2D eigenvalue weighted by Crippen LogP contribution is -2.24. The first-order chi connectivity index (χ1) is 9.11. The fourth-order valence-corrected chi connectivity index (χ4v) is 2.14. The molecule has 0 aliphatic carbocycles. The highest BCUT2D eigenvalue weighted by Crippen LogP contribution is 2.26. The van der Waals surface area contributed by atoms with Gasteiger partial charge in [-0.1, -0.05) is 18.5 Å². The molecule has 2 nitrogen and oxygen atoms in total. The first-order valence-corrected chi connectivity index (χ1v) is 6.38. The maximum Gasteiger partial charge on any atom is 0.142 e. The number of furan rings is 1. The molecular formula is C14H14ClF2NO. The first-order valence-electron chi connectivity index (χ1n) is 6.00. The fourth-order valence-electron chi connectivity index (χ4n) is 1.99. The zero-order valence-corrected chi connectivity index (χ0v) is 11.2. The molecule has 1 N–H and O–H groups in total. The Morgan fingerprint density at radius 2 is 2.11 bits per heavy atom. The normalized spacial score (nSPS) is 12.6. The lowest BCUT2D eigenvalue weighted by molar-refractivity contribution is 0.498. The van der Waals surface area contributed by atoms with E-state index < -0.39 is 11.6 Å². The number of nitrogens with one attached hydrogen (secondary N) is 1. The van der Waals surface area contributed by atoms with Gasteiger partial charge in [0.1, 0.15) is 11.6 Å². The van der Waals surface area contributed by atoms with Crippen LogP contribution >= 0.6 is 11.6 Å². The molecule has 0 aliphatic rings. The zero-order valence-electron chi connectivity index (χ0n) is 10.4. The van der Waals surface area contributed by atoms with Crippen LogP contribution in [0.1, 0.15) is 24.1 Å². The van der Waals surface area contributed by atoms with Crippen LogP contribution in [0.4, 0.5) is 8.78 Å². The van der Waals surface area contributed by atoms with Crippen LogP contribution in [0.15, 0.2) is 35.1 Å². The van der Waals surface area contributed by atoms with E-state index in [1.54, 1.807) is 18.6 Å². The van der Waals surface area contributed by atoms with Gasteiger partial charge in [0.15, 0.2) is 0 Å². The molecule has 0 saturated carbocycles. The van der Waals surface area contributed by atoms with Crippen LogP contribution in [0.25, 0.3) is 0 Å². The Morgan fingerprint density at radius 1 is 1.32 bits per heavy atom. The molecule has 1 unspecified atom stereocenters. The van der Waals surface area contributed by atoms with Gasteiger partial charge in [0.25, 0.3) is 0 Å². The van der Waals surface area contributed by atoms with Crippen LogP contribution in [0.3, 0.4) is 0 Å². The van der Waals surface area contributed by atoms with E-state index in [-0.39, 0.29) is 16.6 Å². The number of halogens is 3. The highest BCUT2D eigenvalue weighted by atomic mass is 35.5. The molecular weight excluding hydrogens is 272 g/mol. The molecule has 0 aliphatic heterocycles. The number of hydrogen-bond donors (Lipinski definition) is 1. The maximum absolute atomic E-state index is 13.9. The quantitative estimate of drug-likeness (QED) is 0.837. The predicted molar refractivity (Wildman–Crippen MR) is 70.2 cm³/mol. The van der Waals surface area contributed by atoms with Gasteiger partial charge < -0.3 is 9.73 Å². The van der Waals surface area contributed by atoms with E-state index in [1.165, 1.54) is 0 Å². The van der Waals surface area contributed by atoms with Crippen LogP contribution in [0.2, 0.25) is 5.02 Å². The Morgan fingerprint density at radius 3 is 2.74 bits per heavy atom. The van der Waals surface area contributed by atoms with Crippen LogP contribution in [-0.2, 0) is 6.42 Å². The second-order valence-corrected chi connectivity index (χ2v) is 4.64. The van der Waals surface area contributed by atoms with E-state index in [9.17, 15) is 8.78 Å². The number of likely N-dealkylation sites (N-methyl/N-ethyl adjacent to an activating group) is 1. The maximum atomic E-state index is 13.9. The average molecular weight is 286 g/mol. The largest absolute Gasteiger partial charge is 0.472 e. The van der Waals surface area contributed by atoms with Crippen molar-refractivity contribution in [1.82, 2.24) is 5.32 Å². The highest BCUT2D eigenvalue weighted by molar-refractivity contribution is 6.30. The van der Waals surface area contributed by atoms with Crippen molar-refractivity contribution in [1.29, 1.82) is 0 Å². The van der Waals surface area contributed by atoms with Gasteiger partial charge in [-0.3, -0.25) is 0 Å². The lowest BCUT2D eigenvalue weighted by atomic mass is 9.99. The third kappa shape index (κ3) is 3.33. The summed E-state index contributed by atoms with van der Waals surface area (Å²) in [4.78, 5) is 0. The molecule has 2 rings (SSSR count). The molecule has 0 fully saturated rings. The van der Waals surface area contributed by atoms with Crippen molar-refractivity contribution in [2.45, 2.75) is 19.4 Å². The number of rotatable bonds is 5. The van der Waals surface area contributed by atoms with Crippen LogP contribution in [0, 0.1) is 11.6 Å². The van der Waals surface area contributed by atoms with E-state index in [0.29, 0.717) is 13.0 Å². The van der Waals surface area contributed by atoms with E-state index in [2.05, 4.69) is 5.32 Å². The van der Waals surface area contributed by atoms with E-state index in [1.807, 2.05) is 6.92 Å². The zero-order chi connectivity index (χ0) is 13.8. The first kappa shape index (κ1) is 14.0. The molecule has 5 heteroatoms. The van der Waals surface area contributed by atoms with Gasteiger partial charge in [-0.05, 0) is 36.7 Å². The smallest absolute Gasteiger partial charge is 0.142 e. The Balaban J connectivity index is 2.30. The van der Waals surface area contributed by atoms with E-state index >= 15 is 0 Å². The Labute approximate surface area is 115 Å². The summed E-state index contributed by atoms with van der Waals surface area (Å²) in [6.45, 7) is 2.55. The van der Waals surface area contributed by atoms with Crippen molar-refractivity contribution in [3.63, 3.8) is 0 Å². The van der Waals surface area contributed by atoms with Gasteiger partial charge in [-0.25, -0.2) is 8.78 Å². The molecule has 1 aromatic carbocycles. The van der Waals surface area contributed by atoms with Crippen LogP contribution in [-0.4, -0.2) is 6.54 Å². The van der Waals surface area contributed by atoms with E-state index in [4.69, 9.17) is 16.0 Å². The minimum absolute atomic E-state index is 0.209. The van der Waals surface area contributed by atoms with Crippen molar-refractivity contribution in [3.05, 3.63) is 58.5 Å². The van der Waals surface area contributed by atoms with Gasteiger partial charge in [0, 0.05) is 11.6 Å². The van der Waals surface area contributed by atoms with Gasteiger partial charge in [0.2, 0.25) is 0 Å². The van der Waals surface area contributed by atoms with Crippen LogP contribution in [0.5, 0.6) is 0 Å². The minimum Gasteiger partial charge on any atom is -0.472 e. The van der Waals surface area contributed by atoms with Gasteiger partial charge in [-0.2, -0.15) is 0 Å². The van der Waals surface area contributed by atoms with Crippen molar-refractivity contribution < 1.29 is 13.2 Å².